The molecule has 0 aromatic heterocycles. The molecule has 4 nitrogen and oxygen atoms in total. The molecule has 1 aromatic rings. The zero-order valence-corrected chi connectivity index (χ0v) is 9.62. The Labute approximate surface area is 99.2 Å². The Kier molecular flexibility index (Phi) is 3.38. The van der Waals surface area contributed by atoms with Crippen molar-refractivity contribution >= 4 is 0 Å². The van der Waals surface area contributed by atoms with Crippen LogP contribution in [0.5, 0.6) is 0 Å². The smallest absolute Gasteiger partial charge is 0.238 e. The van der Waals surface area contributed by atoms with Crippen LogP contribution in [0.3, 0.4) is 0 Å². The predicted octanol–water partition coefficient (Wildman–Crippen LogP) is 1.70. The molecule has 1 saturated heterocycles. The van der Waals surface area contributed by atoms with E-state index in [9.17, 15) is 14.5 Å². The first kappa shape index (κ1) is 12.0. The van der Waals surface area contributed by atoms with Gasteiger partial charge in [0.05, 0.1) is 5.92 Å². The largest absolute Gasteiger partial charge is 0.294 e. The molecule has 1 fully saturated rings. The molecule has 0 amide bonds. The van der Waals surface area contributed by atoms with E-state index in [4.69, 9.17) is 0 Å². The van der Waals surface area contributed by atoms with Crippen molar-refractivity contribution in [2.45, 2.75) is 18.0 Å². The van der Waals surface area contributed by atoms with Crippen molar-refractivity contribution in [1.29, 1.82) is 0 Å². The number of halogens is 1. The highest BCUT2D eigenvalue weighted by atomic mass is 19.1. The first-order valence-electron chi connectivity index (χ1n) is 5.59. The van der Waals surface area contributed by atoms with Crippen LogP contribution in [0.1, 0.15) is 11.5 Å². The minimum absolute atomic E-state index is 0.225. The van der Waals surface area contributed by atoms with Gasteiger partial charge in [0.2, 0.25) is 6.04 Å². The van der Waals surface area contributed by atoms with E-state index >= 15 is 0 Å². The fourth-order valence-corrected chi connectivity index (χ4v) is 2.58. The fraction of sp³-hybridized carbons (Fsp3) is 0.500. The maximum absolute atomic E-state index is 12.9. The second kappa shape index (κ2) is 4.79. The van der Waals surface area contributed by atoms with Crippen LogP contribution in [0.4, 0.5) is 4.39 Å². The summed E-state index contributed by atoms with van der Waals surface area (Å²) in [5.74, 6) is -0.225. The lowest BCUT2D eigenvalue weighted by molar-refractivity contribution is -0.527. The van der Waals surface area contributed by atoms with Gasteiger partial charge in [-0.3, -0.25) is 15.0 Å². The lowest BCUT2D eigenvalue weighted by atomic mass is 9.92. The highest BCUT2D eigenvalue weighted by Crippen LogP contribution is 2.33. The van der Waals surface area contributed by atoms with Crippen molar-refractivity contribution in [1.82, 2.24) is 4.90 Å². The number of hydrogen-bond donors (Lipinski definition) is 0. The molecule has 0 radical (unpaired) electrons. The van der Waals surface area contributed by atoms with Gasteiger partial charge in [0.25, 0.3) is 0 Å². The van der Waals surface area contributed by atoms with Gasteiger partial charge < -0.3 is 0 Å². The Morgan fingerprint density at radius 3 is 2.65 bits per heavy atom. The predicted molar refractivity (Wildman–Crippen MR) is 62.4 cm³/mol. The van der Waals surface area contributed by atoms with Crippen molar-refractivity contribution in [2.75, 3.05) is 20.3 Å². The first-order valence-corrected chi connectivity index (χ1v) is 5.59. The summed E-state index contributed by atoms with van der Waals surface area (Å²) >= 11 is 0. The van der Waals surface area contributed by atoms with Gasteiger partial charge in [-0.05, 0) is 12.6 Å². The van der Waals surface area contributed by atoms with E-state index in [1.54, 1.807) is 11.9 Å². The SMILES string of the molecule is CN1C[C@H](c2ccccc2)[C@@H]([N+](=O)[O-])[C@@H]1CF. The molecule has 1 aliphatic heterocycles. The van der Waals surface area contributed by atoms with Crippen molar-refractivity contribution < 1.29 is 9.31 Å². The number of likely N-dealkylation sites (tertiary alicyclic amines) is 1. The van der Waals surface area contributed by atoms with Gasteiger partial charge in [0, 0.05) is 11.5 Å². The van der Waals surface area contributed by atoms with Crippen molar-refractivity contribution in [3.63, 3.8) is 0 Å². The van der Waals surface area contributed by atoms with E-state index in [0.717, 1.165) is 5.56 Å². The van der Waals surface area contributed by atoms with Crippen molar-refractivity contribution in [3.05, 3.63) is 46.0 Å². The maximum atomic E-state index is 12.9. The van der Waals surface area contributed by atoms with Gasteiger partial charge in [0.1, 0.15) is 12.7 Å². The zero-order chi connectivity index (χ0) is 12.4. The van der Waals surface area contributed by atoms with E-state index in [2.05, 4.69) is 0 Å². The van der Waals surface area contributed by atoms with Gasteiger partial charge >= 0.3 is 0 Å². The molecule has 0 unspecified atom stereocenters. The third-order valence-electron chi connectivity index (χ3n) is 3.49. The lowest BCUT2D eigenvalue weighted by Gasteiger charge is -2.16. The molecule has 0 N–H and O–H groups in total. The second-order valence-corrected chi connectivity index (χ2v) is 4.45. The van der Waals surface area contributed by atoms with Crippen LogP contribution in [0.25, 0.3) is 0 Å². The van der Waals surface area contributed by atoms with Crippen LogP contribution in [0.15, 0.2) is 30.3 Å². The molecule has 5 heteroatoms. The number of alkyl halides is 1. The fourth-order valence-electron chi connectivity index (χ4n) is 2.58. The third-order valence-corrected chi connectivity index (χ3v) is 3.49. The molecule has 3 atom stereocenters. The topological polar surface area (TPSA) is 46.4 Å². The average Bonchev–Trinajstić information content (AvgIpc) is 2.67. The Bertz CT molecular complexity index is 399. The van der Waals surface area contributed by atoms with Gasteiger partial charge in [-0.1, -0.05) is 30.3 Å². The van der Waals surface area contributed by atoms with E-state index in [1.807, 2.05) is 30.3 Å². The molecule has 0 saturated carbocycles. The van der Waals surface area contributed by atoms with Gasteiger partial charge in [-0.25, -0.2) is 4.39 Å². The summed E-state index contributed by atoms with van der Waals surface area (Å²) in [5, 5.41) is 11.1. The molecule has 92 valence electrons. The Hall–Kier alpha value is -1.49. The summed E-state index contributed by atoms with van der Waals surface area (Å²) in [6.45, 7) is -0.143. The summed E-state index contributed by atoms with van der Waals surface area (Å²) in [5.41, 5.74) is 0.914. The van der Waals surface area contributed by atoms with Crippen LogP contribution in [0.2, 0.25) is 0 Å². The number of hydrogen-bond acceptors (Lipinski definition) is 3. The van der Waals surface area contributed by atoms with Crippen LogP contribution < -0.4 is 0 Å². The monoisotopic (exact) mass is 238 g/mol. The molecular formula is C12H15FN2O2. The summed E-state index contributed by atoms with van der Waals surface area (Å²) in [7, 11) is 1.74. The van der Waals surface area contributed by atoms with Crippen molar-refractivity contribution in [3.8, 4) is 0 Å². The summed E-state index contributed by atoms with van der Waals surface area (Å²) in [6, 6.07) is 7.86. The molecule has 1 heterocycles. The Balaban J connectivity index is 2.31. The highest BCUT2D eigenvalue weighted by Gasteiger charge is 2.48. The van der Waals surface area contributed by atoms with Crippen LogP contribution in [-0.4, -0.2) is 42.2 Å². The second-order valence-electron chi connectivity index (χ2n) is 4.45. The minimum atomic E-state index is -0.854. The van der Waals surface area contributed by atoms with Crippen LogP contribution in [-0.2, 0) is 0 Å². The van der Waals surface area contributed by atoms with Crippen LogP contribution >= 0.6 is 0 Å². The Morgan fingerprint density at radius 2 is 2.12 bits per heavy atom. The van der Waals surface area contributed by atoms with Crippen molar-refractivity contribution in [2.24, 2.45) is 0 Å². The maximum Gasteiger partial charge on any atom is 0.238 e. The minimum Gasteiger partial charge on any atom is -0.294 e. The van der Waals surface area contributed by atoms with E-state index in [0.29, 0.717) is 6.54 Å². The quantitative estimate of drug-likeness (QED) is 0.594. The van der Waals surface area contributed by atoms with Crippen LogP contribution in [0, 0.1) is 10.1 Å². The lowest BCUT2D eigenvalue weighted by Crippen LogP contribution is -2.39. The van der Waals surface area contributed by atoms with E-state index < -0.39 is 18.8 Å². The van der Waals surface area contributed by atoms with Gasteiger partial charge in [-0.2, -0.15) is 0 Å². The standard InChI is InChI=1S/C12H15FN2O2/c1-14-8-10(9-5-3-2-4-6-9)12(15(16)17)11(14)7-13/h2-6,10-12H,7-8H2,1H3/t10-,11+,12-/m1/s1. The van der Waals surface area contributed by atoms with Gasteiger partial charge in [-0.15, -0.1) is 0 Å². The normalized spacial score (nSPS) is 29.4. The molecular weight excluding hydrogens is 223 g/mol. The molecule has 1 aromatic carbocycles. The number of likely N-dealkylation sites (N-methyl/N-ethyl adjacent to an activating group) is 1. The molecule has 0 bridgehead atoms. The van der Waals surface area contributed by atoms with E-state index in [-0.39, 0.29) is 10.8 Å². The first-order chi connectivity index (χ1) is 8.15. The molecule has 17 heavy (non-hydrogen) atoms. The average molecular weight is 238 g/mol. The summed E-state index contributed by atoms with van der Waals surface area (Å²) < 4.78 is 12.9. The zero-order valence-electron chi connectivity index (χ0n) is 9.62. The van der Waals surface area contributed by atoms with E-state index in [1.165, 1.54) is 0 Å². The highest BCUT2D eigenvalue weighted by molar-refractivity contribution is 5.23. The summed E-state index contributed by atoms with van der Waals surface area (Å²) in [6.07, 6.45) is 0. The summed E-state index contributed by atoms with van der Waals surface area (Å²) in [4.78, 5) is 12.5. The molecule has 2 rings (SSSR count). The Morgan fingerprint density at radius 1 is 1.47 bits per heavy atom. The molecule has 0 aliphatic carbocycles. The molecule has 1 aliphatic rings. The molecule has 0 spiro atoms. The number of nitro groups is 1. The van der Waals surface area contributed by atoms with Gasteiger partial charge in [0.15, 0.2) is 0 Å². The number of nitrogens with zero attached hydrogens (tertiary/aromatic N) is 2. The number of rotatable bonds is 3. The number of benzene rings is 1. The third kappa shape index (κ3) is 2.15.